The van der Waals surface area contributed by atoms with Crippen molar-refractivity contribution >= 4 is 5.91 Å². The lowest BCUT2D eigenvalue weighted by atomic mass is 10.1. The summed E-state index contributed by atoms with van der Waals surface area (Å²) < 4.78 is 38.0. The Bertz CT molecular complexity index is 436. The molecular formula is C12H15F3N2O. The lowest BCUT2D eigenvalue weighted by molar-refractivity contribution is -0.137. The average Bonchev–Trinajstić information content (AvgIpc) is 2.24. The van der Waals surface area contributed by atoms with Crippen LogP contribution in [0.2, 0.25) is 0 Å². The van der Waals surface area contributed by atoms with Crippen LogP contribution in [0.5, 0.6) is 0 Å². The fraction of sp³-hybridized carbons (Fsp3) is 0.417. The van der Waals surface area contributed by atoms with Gasteiger partial charge in [-0.1, -0.05) is 12.1 Å². The van der Waals surface area contributed by atoms with Crippen LogP contribution >= 0.6 is 0 Å². The van der Waals surface area contributed by atoms with Gasteiger partial charge in [0.05, 0.1) is 11.1 Å². The van der Waals surface area contributed by atoms with Crippen molar-refractivity contribution in [3.05, 3.63) is 35.4 Å². The van der Waals surface area contributed by atoms with Gasteiger partial charge in [-0.25, -0.2) is 5.43 Å². The number of alkyl halides is 3. The van der Waals surface area contributed by atoms with E-state index in [4.69, 9.17) is 0 Å². The molecular weight excluding hydrogens is 245 g/mol. The Labute approximate surface area is 103 Å². The van der Waals surface area contributed by atoms with E-state index in [1.165, 1.54) is 12.1 Å². The maximum Gasteiger partial charge on any atom is 0.417 e. The standard InChI is InChI=1S/C12H15F3N2O/c1-11(2,3)17-16-10(18)8-6-4-5-7-9(8)12(13,14)15/h4-7,17H,1-3H3,(H,16,18). The number of benzene rings is 1. The molecule has 2 N–H and O–H groups in total. The molecule has 1 amide bonds. The zero-order chi connectivity index (χ0) is 14.0. The molecule has 0 unspecified atom stereocenters. The normalized spacial score (nSPS) is 12.3. The highest BCUT2D eigenvalue weighted by atomic mass is 19.4. The zero-order valence-electron chi connectivity index (χ0n) is 10.4. The monoisotopic (exact) mass is 260 g/mol. The van der Waals surface area contributed by atoms with Crippen LogP contribution in [-0.2, 0) is 6.18 Å². The second-order valence-electron chi connectivity index (χ2n) is 4.87. The quantitative estimate of drug-likeness (QED) is 0.803. The van der Waals surface area contributed by atoms with E-state index < -0.39 is 28.7 Å². The number of rotatable bonds is 2. The van der Waals surface area contributed by atoms with E-state index in [-0.39, 0.29) is 0 Å². The highest BCUT2D eigenvalue weighted by Gasteiger charge is 2.34. The molecule has 0 atom stereocenters. The second-order valence-corrected chi connectivity index (χ2v) is 4.87. The Morgan fingerprint density at radius 1 is 1.11 bits per heavy atom. The summed E-state index contributed by atoms with van der Waals surface area (Å²) in [7, 11) is 0. The number of hydrogen-bond acceptors (Lipinski definition) is 2. The third-order valence-electron chi connectivity index (χ3n) is 2.03. The van der Waals surface area contributed by atoms with E-state index in [1.54, 1.807) is 20.8 Å². The molecule has 0 bridgehead atoms. The Kier molecular flexibility index (Phi) is 4.01. The third kappa shape index (κ3) is 4.03. The molecule has 100 valence electrons. The van der Waals surface area contributed by atoms with Crippen molar-refractivity contribution in [2.24, 2.45) is 0 Å². The molecule has 3 nitrogen and oxygen atoms in total. The Balaban J connectivity index is 2.93. The van der Waals surface area contributed by atoms with Crippen LogP contribution in [0.15, 0.2) is 24.3 Å². The average molecular weight is 260 g/mol. The van der Waals surface area contributed by atoms with Crippen LogP contribution in [0.4, 0.5) is 13.2 Å². The minimum atomic E-state index is -4.55. The van der Waals surface area contributed by atoms with Crippen LogP contribution in [0.3, 0.4) is 0 Å². The molecule has 0 radical (unpaired) electrons. The van der Waals surface area contributed by atoms with Crippen molar-refractivity contribution in [3.8, 4) is 0 Å². The second kappa shape index (κ2) is 4.97. The first-order valence-electron chi connectivity index (χ1n) is 5.35. The molecule has 0 spiro atoms. The molecule has 0 fully saturated rings. The van der Waals surface area contributed by atoms with Gasteiger partial charge in [-0.15, -0.1) is 0 Å². The SMILES string of the molecule is CC(C)(C)NNC(=O)c1ccccc1C(F)(F)F. The summed E-state index contributed by atoms with van der Waals surface area (Å²) in [6.07, 6.45) is -4.55. The van der Waals surface area contributed by atoms with Crippen molar-refractivity contribution in [2.45, 2.75) is 32.5 Å². The predicted molar refractivity (Wildman–Crippen MR) is 61.8 cm³/mol. The van der Waals surface area contributed by atoms with Gasteiger partial charge in [0, 0.05) is 5.54 Å². The summed E-state index contributed by atoms with van der Waals surface area (Å²) in [6, 6.07) is 4.66. The van der Waals surface area contributed by atoms with Gasteiger partial charge >= 0.3 is 6.18 Å². The summed E-state index contributed by atoms with van der Waals surface area (Å²) in [5, 5.41) is 0. The lowest BCUT2D eigenvalue weighted by Crippen LogP contribution is -2.49. The van der Waals surface area contributed by atoms with E-state index in [1.807, 2.05) is 0 Å². The Hall–Kier alpha value is -1.56. The summed E-state index contributed by atoms with van der Waals surface area (Å²) in [5.41, 5.74) is 3.12. The largest absolute Gasteiger partial charge is 0.417 e. The number of carbonyl (C=O) groups is 1. The van der Waals surface area contributed by atoms with E-state index >= 15 is 0 Å². The van der Waals surface area contributed by atoms with Gasteiger partial charge in [0.2, 0.25) is 0 Å². The van der Waals surface area contributed by atoms with Crippen LogP contribution in [0.1, 0.15) is 36.7 Å². The number of amides is 1. The molecule has 0 saturated heterocycles. The van der Waals surface area contributed by atoms with Gasteiger partial charge in [0.25, 0.3) is 5.91 Å². The van der Waals surface area contributed by atoms with E-state index in [2.05, 4.69) is 10.9 Å². The molecule has 1 rings (SSSR count). The van der Waals surface area contributed by atoms with E-state index in [0.29, 0.717) is 0 Å². The first-order valence-corrected chi connectivity index (χ1v) is 5.35. The van der Waals surface area contributed by atoms with Crippen LogP contribution in [0, 0.1) is 0 Å². The summed E-state index contributed by atoms with van der Waals surface area (Å²) >= 11 is 0. The number of halogens is 3. The van der Waals surface area contributed by atoms with Crippen molar-refractivity contribution < 1.29 is 18.0 Å². The first-order chi connectivity index (χ1) is 8.11. The third-order valence-corrected chi connectivity index (χ3v) is 2.03. The molecule has 18 heavy (non-hydrogen) atoms. The maximum absolute atomic E-state index is 12.7. The van der Waals surface area contributed by atoms with Gasteiger partial charge in [-0.05, 0) is 32.9 Å². The van der Waals surface area contributed by atoms with Crippen LogP contribution < -0.4 is 10.9 Å². The van der Waals surface area contributed by atoms with Gasteiger partial charge in [-0.3, -0.25) is 10.2 Å². The summed E-state index contributed by atoms with van der Waals surface area (Å²) in [6.45, 7) is 5.34. The maximum atomic E-state index is 12.7. The fourth-order valence-electron chi connectivity index (χ4n) is 1.24. The van der Waals surface area contributed by atoms with Crippen LogP contribution in [0.25, 0.3) is 0 Å². The molecule has 6 heteroatoms. The molecule has 0 aliphatic rings. The van der Waals surface area contributed by atoms with Crippen molar-refractivity contribution in [2.75, 3.05) is 0 Å². The molecule has 0 aliphatic heterocycles. The highest BCUT2D eigenvalue weighted by molar-refractivity contribution is 5.95. The molecule has 0 saturated carbocycles. The van der Waals surface area contributed by atoms with E-state index in [0.717, 1.165) is 12.1 Å². The Morgan fingerprint density at radius 3 is 2.17 bits per heavy atom. The van der Waals surface area contributed by atoms with Crippen molar-refractivity contribution in [1.29, 1.82) is 0 Å². The van der Waals surface area contributed by atoms with Crippen LogP contribution in [-0.4, -0.2) is 11.4 Å². The van der Waals surface area contributed by atoms with E-state index in [9.17, 15) is 18.0 Å². The Morgan fingerprint density at radius 2 is 1.67 bits per heavy atom. The van der Waals surface area contributed by atoms with Gasteiger partial charge in [-0.2, -0.15) is 13.2 Å². The zero-order valence-corrected chi connectivity index (χ0v) is 10.4. The predicted octanol–water partition coefficient (Wildman–Crippen LogP) is 2.74. The fourth-order valence-corrected chi connectivity index (χ4v) is 1.24. The molecule has 0 heterocycles. The molecule has 0 aromatic heterocycles. The van der Waals surface area contributed by atoms with Gasteiger partial charge in [0.1, 0.15) is 0 Å². The number of hydrazine groups is 1. The molecule has 1 aromatic carbocycles. The molecule has 0 aliphatic carbocycles. The number of hydrogen-bond donors (Lipinski definition) is 2. The van der Waals surface area contributed by atoms with Crippen molar-refractivity contribution in [3.63, 3.8) is 0 Å². The first kappa shape index (κ1) is 14.5. The summed E-state index contributed by atoms with van der Waals surface area (Å²) in [4.78, 5) is 11.7. The number of carbonyl (C=O) groups excluding carboxylic acids is 1. The van der Waals surface area contributed by atoms with Crippen molar-refractivity contribution in [1.82, 2.24) is 10.9 Å². The smallest absolute Gasteiger partial charge is 0.287 e. The topological polar surface area (TPSA) is 41.1 Å². The summed E-state index contributed by atoms with van der Waals surface area (Å²) in [5.74, 6) is -0.808. The number of nitrogens with one attached hydrogen (secondary N) is 2. The lowest BCUT2D eigenvalue weighted by Gasteiger charge is -2.21. The van der Waals surface area contributed by atoms with Gasteiger partial charge < -0.3 is 0 Å². The minimum Gasteiger partial charge on any atom is -0.287 e. The minimum absolute atomic E-state index is 0.401. The molecule has 1 aromatic rings. The van der Waals surface area contributed by atoms with Gasteiger partial charge in [0.15, 0.2) is 0 Å². The highest BCUT2D eigenvalue weighted by Crippen LogP contribution is 2.31.